The summed E-state index contributed by atoms with van der Waals surface area (Å²) in [6.45, 7) is 0. The van der Waals surface area contributed by atoms with Gasteiger partial charge in [-0.1, -0.05) is 22.0 Å². The summed E-state index contributed by atoms with van der Waals surface area (Å²) >= 11 is 5.03. The second-order valence-corrected chi connectivity index (χ2v) is 5.36. The van der Waals surface area contributed by atoms with Crippen LogP contribution in [0.25, 0.3) is 11.3 Å². The van der Waals surface area contributed by atoms with Gasteiger partial charge in [-0.05, 0) is 17.7 Å². The van der Waals surface area contributed by atoms with Crippen molar-refractivity contribution in [2.75, 3.05) is 5.32 Å². The number of carbonyl (C=O) groups excluding carboxylic acids is 1. The van der Waals surface area contributed by atoms with Gasteiger partial charge in [0, 0.05) is 16.6 Å². The third kappa shape index (κ3) is 2.00. The number of aromatic nitrogens is 1. The molecule has 0 fully saturated rings. The second kappa shape index (κ2) is 4.23. The largest absolute Gasteiger partial charge is 0.326 e. The lowest BCUT2D eigenvalue weighted by Gasteiger charge is -2.01. The topological polar surface area (TPSA) is 42.0 Å². The van der Waals surface area contributed by atoms with Crippen molar-refractivity contribution in [3.63, 3.8) is 0 Å². The van der Waals surface area contributed by atoms with E-state index in [0.29, 0.717) is 6.42 Å². The number of alkyl halides is 1. The van der Waals surface area contributed by atoms with E-state index in [1.165, 1.54) is 0 Å². The summed E-state index contributed by atoms with van der Waals surface area (Å²) in [5.74, 6) is 0.0663. The molecule has 0 saturated carbocycles. The molecule has 1 amide bonds. The van der Waals surface area contributed by atoms with Crippen LogP contribution in [-0.2, 0) is 16.5 Å². The molecule has 1 aromatic carbocycles. The van der Waals surface area contributed by atoms with Gasteiger partial charge in [-0.25, -0.2) is 4.98 Å². The average Bonchev–Trinajstić information content (AvgIpc) is 2.92. The number of thiazole rings is 1. The molecule has 0 bridgehead atoms. The summed E-state index contributed by atoms with van der Waals surface area (Å²) in [5.41, 5.74) is 4.03. The van der Waals surface area contributed by atoms with Crippen molar-refractivity contribution in [3.8, 4) is 11.3 Å². The first-order valence-electron chi connectivity index (χ1n) is 5.20. The summed E-state index contributed by atoms with van der Waals surface area (Å²) in [6, 6.07) is 5.99. The summed E-state index contributed by atoms with van der Waals surface area (Å²) < 4.78 is 0. The number of hydrogen-bond acceptors (Lipinski definition) is 3. The van der Waals surface area contributed by atoms with E-state index in [9.17, 15) is 4.79 Å². The molecule has 17 heavy (non-hydrogen) atoms. The van der Waals surface area contributed by atoms with Crippen molar-refractivity contribution in [1.29, 1.82) is 0 Å². The van der Waals surface area contributed by atoms with Crippen LogP contribution in [0.3, 0.4) is 0 Å². The highest BCUT2D eigenvalue weighted by Crippen LogP contribution is 2.29. The predicted octanol–water partition coefficient (Wildman–Crippen LogP) is 3.20. The van der Waals surface area contributed by atoms with Crippen LogP contribution in [0.5, 0.6) is 0 Å². The Balaban J connectivity index is 1.99. The summed E-state index contributed by atoms with van der Waals surface area (Å²) in [5, 5.41) is 6.72. The van der Waals surface area contributed by atoms with Gasteiger partial charge >= 0.3 is 0 Å². The maximum Gasteiger partial charge on any atom is 0.228 e. The van der Waals surface area contributed by atoms with Gasteiger partial charge < -0.3 is 5.32 Å². The van der Waals surface area contributed by atoms with Crippen molar-refractivity contribution in [3.05, 3.63) is 34.2 Å². The quantitative estimate of drug-likeness (QED) is 0.866. The molecule has 1 N–H and O–H groups in total. The minimum atomic E-state index is 0.0663. The molecule has 3 rings (SSSR count). The summed E-state index contributed by atoms with van der Waals surface area (Å²) in [7, 11) is 0. The van der Waals surface area contributed by atoms with E-state index in [4.69, 9.17) is 0 Å². The number of fused-ring (bicyclic) bond motifs is 1. The fourth-order valence-corrected chi connectivity index (χ4v) is 3.07. The minimum Gasteiger partial charge on any atom is -0.326 e. The van der Waals surface area contributed by atoms with Gasteiger partial charge in [0.15, 0.2) is 0 Å². The highest BCUT2D eigenvalue weighted by atomic mass is 79.9. The molecular weight excluding hydrogens is 300 g/mol. The highest BCUT2D eigenvalue weighted by molar-refractivity contribution is 9.08. The van der Waals surface area contributed by atoms with Crippen LogP contribution in [0, 0.1) is 0 Å². The predicted molar refractivity (Wildman–Crippen MR) is 72.5 cm³/mol. The van der Waals surface area contributed by atoms with Crippen LogP contribution in [-0.4, -0.2) is 10.9 Å². The number of amides is 1. The van der Waals surface area contributed by atoms with Crippen LogP contribution in [0.2, 0.25) is 0 Å². The molecule has 5 heteroatoms. The van der Waals surface area contributed by atoms with Gasteiger partial charge in [-0.3, -0.25) is 4.79 Å². The van der Waals surface area contributed by atoms with Crippen molar-refractivity contribution in [2.45, 2.75) is 11.8 Å². The Hall–Kier alpha value is -1.20. The van der Waals surface area contributed by atoms with Gasteiger partial charge in [-0.15, -0.1) is 11.3 Å². The van der Waals surface area contributed by atoms with Gasteiger partial charge in [0.25, 0.3) is 0 Å². The van der Waals surface area contributed by atoms with Crippen LogP contribution in [0.1, 0.15) is 10.6 Å². The highest BCUT2D eigenvalue weighted by Gasteiger charge is 2.18. The molecule has 0 aliphatic carbocycles. The first-order chi connectivity index (χ1) is 8.26. The maximum atomic E-state index is 11.3. The number of nitrogens with zero attached hydrogens (tertiary/aromatic N) is 1. The van der Waals surface area contributed by atoms with Crippen molar-refractivity contribution in [1.82, 2.24) is 4.98 Å². The van der Waals surface area contributed by atoms with Crippen LogP contribution >= 0.6 is 27.3 Å². The molecule has 2 heterocycles. The lowest BCUT2D eigenvalue weighted by atomic mass is 10.1. The molecule has 0 atom stereocenters. The molecule has 0 radical (unpaired) electrons. The summed E-state index contributed by atoms with van der Waals surface area (Å²) in [6.07, 6.45) is 0.471. The smallest absolute Gasteiger partial charge is 0.228 e. The van der Waals surface area contributed by atoms with E-state index in [1.54, 1.807) is 11.3 Å². The molecule has 1 aromatic heterocycles. The average molecular weight is 309 g/mol. The number of hydrogen-bond donors (Lipinski definition) is 1. The Bertz CT molecular complexity index is 594. The molecule has 0 spiro atoms. The van der Waals surface area contributed by atoms with Crippen molar-refractivity contribution >= 4 is 38.9 Å². The second-order valence-electron chi connectivity index (χ2n) is 3.86. The van der Waals surface area contributed by atoms with Gasteiger partial charge in [-0.2, -0.15) is 0 Å². The Morgan fingerprint density at radius 1 is 1.47 bits per heavy atom. The Morgan fingerprint density at radius 3 is 3.12 bits per heavy atom. The normalized spacial score (nSPS) is 13.6. The lowest BCUT2D eigenvalue weighted by molar-refractivity contribution is -0.115. The van der Waals surface area contributed by atoms with E-state index in [-0.39, 0.29) is 5.91 Å². The molecule has 1 aliphatic rings. The number of rotatable bonds is 2. The van der Waals surface area contributed by atoms with Crippen LogP contribution in [0.4, 0.5) is 5.69 Å². The summed E-state index contributed by atoms with van der Waals surface area (Å²) in [4.78, 5) is 15.8. The molecule has 3 nitrogen and oxygen atoms in total. The number of anilines is 1. The first kappa shape index (κ1) is 10.9. The monoisotopic (exact) mass is 308 g/mol. The minimum absolute atomic E-state index is 0.0663. The van der Waals surface area contributed by atoms with E-state index < -0.39 is 0 Å². The number of benzene rings is 1. The Labute approximate surface area is 111 Å². The molecule has 86 valence electrons. The molecule has 1 aliphatic heterocycles. The maximum absolute atomic E-state index is 11.3. The zero-order valence-corrected chi connectivity index (χ0v) is 11.3. The fourth-order valence-electron chi connectivity index (χ4n) is 1.89. The fraction of sp³-hybridized carbons (Fsp3) is 0.167. The standard InChI is InChI=1S/C12H9BrN2OS/c13-5-12-15-10(6-17-12)7-1-2-9-8(3-7)4-11(16)14-9/h1-3,6H,4-5H2,(H,14,16). The number of carbonyl (C=O) groups is 1. The third-order valence-electron chi connectivity index (χ3n) is 2.69. The zero-order valence-electron chi connectivity index (χ0n) is 8.87. The Morgan fingerprint density at radius 2 is 2.35 bits per heavy atom. The Kier molecular flexibility index (Phi) is 2.72. The molecule has 0 unspecified atom stereocenters. The first-order valence-corrected chi connectivity index (χ1v) is 7.20. The number of halogens is 1. The van der Waals surface area contributed by atoms with E-state index in [0.717, 1.165) is 32.8 Å². The van der Waals surface area contributed by atoms with Crippen molar-refractivity contribution < 1.29 is 4.79 Å². The van der Waals surface area contributed by atoms with Gasteiger partial charge in [0.05, 0.1) is 17.4 Å². The third-order valence-corrected chi connectivity index (χ3v) is 4.44. The molecule has 0 saturated heterocycles. The van der Waals surface area contributed by atoms with E-state index >= 15 is 0 Å². The van der Waals surface area contributed by atoms with Gasteiger partial charge in [0.2, 0.25) is 5.91 Å². The number of nitrogens with one attached hydrogen (secondary N) is 1. The van der Waals surface area contributed by atoms with E-state index in [1.807, 2.05) is 23.6 Å². The van der Waals surface area contributed by atoms with Crippen molar-refractivity contribution in [2.24, 2.45) is 0 Å². The molecule has 2 aromatic rings. The van der Waals surface area contributed by atoms with Crippen LogP contribution in [0.15, 0.2) is 23.6 Å². The lowest BCUT2D eigenvalue weighted by Crippen LogP contribution is -2.03. The molecular formula is C12H9BrN2OS. The zero-order chi connectivity index (χ0) is 11.8. The van der Waals surface area contributed by atoms with Crippen LogP contribution < -0.4 is 5.32 Å². The SMILES string of the molecule is O=C1Cc2cc(-c3csc(CBr)n3)ccc2N1. The van der Waals surface area contributed by atoms with E-state index in [2.05, 4.69) is 26.2 Å². The van der Waals surface area contributed by atoms with Gasteiger partial charge in [0.1, 0.15) is 5.01 Å².